The standard InChI is InChI=1S/C17H17F3N4O2/c18-17(19,20)14(25)23-8-6-16(11-21,7-9-23)13-10-24(15(26)22-13)12-4-2-1-3-5-12/h1-5,13H,6-10H2,(H,22,26). The van der Waals surface area contributed by atoms with E-state index in [0.29, 0.717) is 5.69 Å². The van der Waals surface area contributed by atoms with Crippen LogP contribution in [0.5, 0.6) is 0 Å². The van der Waals surface area contributed by atoms with Gasteiger partial charge in [0.25, 0.3) is 0 Å². The van der Waals surface area contributed by atoms with Crippen LogP contribution in [0.25, 0.3) is 0 Å². The maximum atomic E-state index is 12.6. The highest BCUT2D eigenvalue weighted by Gasteiger charge is 2.50. The number of alkyl halides is 3. The summed E-state index contributed by atoms with van der Waals surface area (Å²) < 4.78 is 37.7. The molecular weight excluding hydrogens is 349 g/mol. The summed E-state index contributed by atoms with van der Waals surface area (Å²) in [5, 5.41) is 12.5. The number of nitrogens with one attached hydrogen (secondary N) is 1. The van der Waals surface area contributed by atoms with Crippen molar-refractivity contribution in [2.45, 2.75) is 25.1 Å². The van der Waals surface area contributed by atoms with Crippen LogP contribution >= 0.6 is 0 Å². The first kappa shape index (κ1) is 18.0. The van der Waals surface area contributed by atoms with E-state index in [9.17, 15) is 28.0 Å². The molecule has 0 aromatic heterocycles. The van der Waals surface area contributed by atoms with Crippen LogP contribution in [-0.2, 0) is 4.79 Å². The quantitative estimate of drug-likeness (QED) is 0.872. The Balaban J connectivity index is 1.72. The topological polar surface area (TPSA) is 76.4 Å². The minimum atomic E-state index is -4.92. The molecule has 1 atom stereocenters. The summed E-state index contributed by atoms with van der Waals surface area (Å²) in [5.41, 5.74) is -0.313. The van der Waals surface area contributed by atoms with Gasteiger partial charge in [0.2, 0.25) is 0 Å². The molecule has 0 aliphatic carbocycles. The number of urea groups is 1. The molecule has 6 nitrogen and oxygen atoms in total. The number of amides is 3. The van der Waals surface area contributed by atoms with Crippen LogP contribution in [0.2, 0.25) is 0 Å². The van der Waals surface area contributed by atoms with E-state index in [2.05, 4.69) is 11.4 Å². The fraction of sp³-hybridized carbons (Fsp3) is 0.471. The fourth-order valence-corrected chi connectivity index (χ4v) is 3.51. The number of nitrogens with zero attached hydrogens (tertiary/aromatic N) is 3. The average molecular weight is 366 g/mol. The Morgan fingerprint density at radius 1 is 1.23 bits per heavy atom. The zero-order valence-corrected chi connectivity index (χ0v) is 13.8. The second-order valence-electron chi connectivity index (χ2n) is 6.51. The smallest absolute Gasteiger partial charge is 0.335 e. The molecule has 0 saturated carbocycles. The number of hydrogen-bond donors (Lipinski definition) is 1. The molecule has 1 unspecified atom stereocenters. The molecule has 1 N–H and O–H groups in total. The van der Waals surface area contributed by atoms with Crippen molar-refractivity contribution in [3.8, 4) is 6.07 Å². The van der Waals surface area contributed by atoms with Crippen LogP contribution in [0, 0.1) is 16.7 Å². The van der Waals surface area contributed by atoms with Crippen molar-refractivity contribution >= 4 is 17.6 Å². The van der Waals surface area contributed by atoms with Crippen molar-refractivity contribution in [2.24, 2.45) is 5.41 Å². The van der Waals surface area contributed by atoms with Gasteiger partial charge in [-0.1, -0.05) is 18.2 Å². The summed E-state index contributed by atoms with van der Waals surface area (Å²) in [6.45, 7) is -0.0726. The van der Waals surface area contributed by atoms with Crippen molar-refractivity contribution in [3.63, 3.8) is 0 Å². The predicted molar refractivity (Wildman–Crippen MR) is 86.0 cm³/mol. The van der Waals surface area contributed by atoms with Crippen LogP contribution < -0.4 is 10.2 Å². The molecule has 1 aromatic rings. The van der Waals surface area contributed by atoms with E-state index >= 15 is 0 Å². The number of rotatable bonds is 2. The van der Waals surface area contributed by atoms with Gasteiger partial charge in [0, 0.05) is 25.3 Å². The second-order valence-corrected chi connectivity index (χ2v) is 6.51. The Kier molecular flexibility index (Phi) is 4.52. The van der Waals surface area contributed by atoms with E-state index in [1.807, 2.05) is 6.07 Å². The fourth-order valence-electron chi connectivity index (χ4n) is 3.51. The van der Waals surface area contributed by atoms with Crippen LogP contribution in [0.1, 0.15) is 12.8 Å². The SMILES string of the molecule is N#CC1(C2CN(c3ccccc3)C(=O)N2)CCN(C(=O)C(F)(F)F)CC1. The van der Waals surface area contributed by atoms with Gasteiger partial charge >= 0.3 is 18.1 Å². The summed E-state index contributed by atoms with van der Waals surface area (Å²) in [4.78, 5) is 25.9. The lowest BCUT2D eigenvalue weighted by Crippen LogP contribution is -2.53. The molecule has 0 radical (unpaired) electrons. The van der Waals surface area contributed by atoms with Gasteiger partial charge in [-0.3, -0.25) is 9.69 Å². The number of piperidine rings is 1. The second kappa shape index (κ2) is 6.52. The minimum Gasteiger partial charge on any atom is -0.335 e. The van der Waals surface area contributed by atoms with Crippen LogP contribution in [-0.4, -0.2) is 48.7 Å². The lowest BCUT2D eigenvalue weighted by atomic mass is 9.73. The van der Waals surface area contributed by atoms with Crippen molar-refractivity contribution in [1.82, 2.24) is 10.2 Å². The van der Waals surface area contributed by atoms with Crippen LogP contribution in [0.15, 0.2) is 30.3 Å². The lowest BCUT2D eigenvalue weighted by Gasteiger charge is -2.40. The monoisotopic (exact) mass is 366 g/mol. The molecule has 9 heteroatoms. The van der Waals surface area contributed by atoms with E-state index < -0.39 is 23.5 Å². The number of halogens is 3. The van der Waals surface area contributed by atoms with Gasteiger partial charge in [-0.05, 0) is 25.0 Å². The molecule has 2 aliphatic rings. The Bertz CT molecular complexity index is 737. The molecule has 3 rings (SSSR count). The van der Waals surface area contributed by atoms with Gasteiger partial charge in [-0.2, -0.15) is 18.4 Å². The number of hydrogen-bond acceptors (Lipinski definition) is 3. The number of likely N-dealkylation sites (tertiary alicyclic amines) is 1. The molecule has 2 aliphatic heterocycles. The largest absolute Gasteiger partial charge is 0.471 e. The molecule has 2 fully saturated rings. The van der Waals surface area contributed by atoms with E-state index in [0.717, 1.165) is 4.90 Å². The summed E-state index contributed by atoms with van der Waals surface area (Å²) in [6.07, 6.45) is -4.75. The molecule has 26 heavy (non-hydrogen) atoms. The minimum absolute atomic E-state index is 0.0822. The third-order valence-corrected chi connectivity index (χ3v) is 5.05. The van der Waals surface area contributed by atoms with Gasteiger partial charge in [0.15, 0.2) is 0 Å². The molecule has 1 aromatic carbocycles. The first-order valence-corrected chi connectivity index (χ1v) is 8.17. The van der Waals surface area contributed by atoms with E-state index in [1.54, 1.807) is 24.3 Å². The third-order valence-electron chi connectivity index (χ3n) is 5.05. The van der Waals surface area contributed by atoms with Gasteiger partial charge in [0.05, 0.1) is 17.5 Å². The number of carbonyl (C=O) groups excluding carboxylic acids is 2. The van der Waals surface area contributed by atoms with Crippen molar-refractivity contribution < 1.29 is 22.8 Å². The Labute approximate surface area is 148 Å². The number of benzene rings is 1. The molecular formula is C17H17F3N4O2. The van der Waals surface area contributed by atoms with Crippen LogP contribution in [0.3, 0.4) is 0 Å². The summed E-state index contributed by atoms with van der Waals surface area (Å²) in [7, 11) is 0. The number of carbonyl (C=O) groups is 2. The summed E-state index contributed by atoms with van der Waals surface area (Å²) in [5.74, 6) is -1.88. The van der Waals surface area contributed by atoms with Gasteiger partial charge in [-0.25, -0.2) is 4.79 Å². The molecule has 2 heterocycles. The van der Waals surface area contributed by atoms with Crippen LogP contribution in [0.4, 0.5) is 23.7 Å². The summed E-state index contributed by atoms with van der Waals surface area (Å²) >= 11 is 0. The first-order chi connectivity index (χ1) is 12.3. The number of para-hydroxylation sites is 1. The van der Waals surface area contributed by atoms with E-state index in [-0.39, 0.29) is 38.5 Å². The van der Waals surface area contributed by atoms with Crippen molar-refractivity contribution in [1.29, 1.82) is 5.26 Å². The molecule has 2 saturated heterocycles. The molecule has 0 spiro atoms. The normalized spacial score (nSPS) is 22.7. The van der Waals surface area contributed by atoms with E-state index in [1.165, 1.54) is 4.90 Å². The molecule has 3 amide bonds. The zero-order valence-electron chi connectivity index (χ0n) is 13.8. The number of anilines is 1. The molecule has 138 valence electrons. The van der Waals surface area contributed by atoms with Gasteiger partial charge in [0.1, 0.15) is 0 Å². The number of nitriles is 1. The van der Waals surface area contributed by atoms with Crippen molar-refractivity contribution in [2.75, 3.05) is 24.5 Å². The average Bonchev–Trinajstić information content (AvgIpc) is 3.03. The summed E-state index contributed by atoms with van der Waals surface area (Å²) in [6, 6.07) is 10.3. The molecule has 0 bridgehead atoms. The highest BCUT2D eigenvalue weighted by molar-refractivity contribution is 5.94. The van der Waals surface area contributed by atoms with Crippen molar-refractivity contribution in [3.05, 3.63) is 30.3 Å². The lowest BCUT2D eigenvalue weighted by molar-refractivity contribution is -0.187. The van der Waals surface area contributed by atoms with Gasteiger partial charge in [-0.15, -0.1) is 0 Å². The maximum absolute atomic E-state index is 12.6. The highest BCUT2D eigenvalue weighted by Crippen LogP contribution is 2.38. The predicted octanol–water partition coefficient (Wildman–Crippen LogP) is 2.28. The Morgan fingerprint density at radius 3 is 2.38 bits per heavy atom. The third kappa shape index (κ3) is 3.19. The maximum Gasteiger partial charge on any atom is 0.471 e. The Morgan fingerprint density at radius 2 is 1.85 bits per heavy atom. The highest BCUT2D eigenvalue weighted by atomic mass is 19.4. The van der Waals surface area contributed by atoms with Gasteiger partial charge < -0.3 is 10.2 Å². The Hall–Kier alpha value is -2.76. The van der Waals surface area contributed by atoms with E-state index in [4.69, 9.17) is 0 Å². The zero-order chi connectivity index (χ0) is 18.9. The first-order valence-electron chi connectivity index (χ1n) is 8.17.